The van der Waals surface area contributed by atoms with E-state index in [-0.39, 0.29) is 0 Å². The van der Waals surface area contributed by atoms with Crippen LogP contribution < -0.4 is 0 Å². The zero-order valence-electron chi connectivity index (χ0n) is 29.5. The maximum Gasteiger partial charge on any atom is 0.223 e. The normalized spacial score (nSPS) is 9.28. The Morgan fingerprint density at radius 3 is 1.04 bits per heavy atom. The van der Waals surface area contributed by atoms with E-state index in [2.05, 4.69) is 64.5 Å². The van der Waals surface area contributed by atoms with Gasteiger partial charge < -0.3 is 4.52 Å². The minimum atomic E-state index is 0.623. The predicted octanol–water partition coefficient (Wildman–Crippen LogP) is 6.15. The average molecular weight is 639 g/mol. The first-order valence-corrected chi connectivity index (χ1v) is 14.8. The van der Waals surface area contributed by atoms with Crippen molar-refractivity contribution in [3.63, 3.8) is 0 Å². The summed E-state index contributed by atoms with van der Waals surface area (Å²) in [7, 11) is 0. The van der Waals surface area contributed by atoms with Crippen molar-refractivity contribution in [2.45, 2.75) is 83.1 Å². The van der Waals surface area contributed by atoms with E-state index >= 15 is 0 Å². The molecule has 0 spiro atoms. The van der Waals surface area contributed by atoms with E-state index in [4.69, 9.17) is 0 Å². The van der Waals surface area contributed by atoms with Crippen molar-refractivity contribution in [3.8, 4) is 0 Å². The Balaban J connectivity index is 0.000000282. The van der Waals surface area contributed by atoms with Crippen LogP contribution in [0.3, 0.4) is 0 Å². The molecule has 0 radical (unpaired) electrons. The molecular weight excluding hydrogens is 592 g/mol. The number of aromatic nitrogens is 12. The molecule has 248 valence electrons. The third-order valence-corrected chi connectivity index (χ3v) is 5.18. The number of pyridine rings is 1. The number of aryl methyl sites for hydroxylation is 12. The van der Waals surface area contributed by atoms with Crippen LogP contribution in [0.2, 0.25) is 0 Å². The molecule has 0 N–H and O–H groups in total. The second-order valence-corrected chi connectivity index (χ2v) is 10.2. The predicted molar refractivity (Wildman–Crippen MR) is 181 cm³/mol. The van der Waals surface area contributed by atoms with Crippen LogP contribution in [-0.2, 0) is 0 Å². The summed E-state index contributed by atoms with van der Waals surface area (Å²) in [6.45, 7) is 22.8. The maximum absolute atomic E-state index is 4.60. The van der Waals surface area contributed by atoms with Crippen LogP contribution >= 0.6 is 0 Å². The molecule has 6 aromatic heterocycles. The quantitative estimate of drug-likeness (QED) is 0.186. The van der Waals surface area contributed by atoms with Gasteiger partial charge in [-0.05, 0) is 100 Å². The average Bonchev–Trinajstić information content (AvgIpc) is 3.36. The molecule has 0 saturated carbocycles. The fraction of sp³-hybridized carbons (Fsp3) is 0.353. The Morgan fingerprint density at radius 1 is 0.404 bits per heavy atom. The molecule has 0 fully saturated rings. The molecule has 6 rings (SSSR count). The van der Waals surface area contributed by atoms with Gasteiger partial charge in [0.15, 0.2) is 5.82 Å². The first-order valence-electron chi connectivity index (χ1n) is 14.8. The van der Waals surface area contributed by atoms with E-state index in [0.717, 1.165) is 57.5 Å². The van der Waals surface area contributed by atoms with E-state index in [9.17, 15) is 0 Å². The van der Waals surface area contributed by atoms with Crippen LogP contribution in [0.1, 0.15) is 69.2 Å². The first kappa shape index (κ1) is 39.6. The summed E-state index contributed by atoms with van der Waals surface area (Å²) in [5.74, 6) is 4.54. The summed E-state index contributed by atoms with van der Waals surface area (Å²) in [6.07, 6.45) is 8.52. The highest BCUT2D eigenvalue weighted by Crippen LogP contribution is 1.94. The van der Waals surface area contributed by atoms with Gasteiger partial charge in [0, 0.05) is 54.5 Å². The summed E-state index contributed by atoms with van der Waals surface area (Å²) in [4.78, 5) is 43.6. The Morgan fingerprint density at radius 2 is 0.830 bits per heavy atom. The number of nitrogens with zero attached hydrogens (tertiary/aromatic N) is 12. The van der Waals surface area contributed by atoms with Gasteiger partial charge in [-0.2, -0.15) is 4.98 Å². The first-order chi connectivity index (χ1) is 22.2. The second-order valence-electron chi connectivity index (χ2n) is 10.2. The molecule has 0 aliphatic rings. The number of hydrogen-bond acceptors (Lipinski definition) is 13. The molecule has 6 heterocycles. The third kappa shape index (κ3) is 21.0. The van der Waals surface area contributed by atoms with Crippen LogP contribution in [-0.4, -0.2) is 60.0 Å². The summed E-state index contributed by atoms with van der Waals surface area (Å²) in [6, 6.07) is 9.76. The van der Waals surface area contributed by atoms with Crippen molar-refractivity contribution in [1.82, 2.24) is 60.0 Å². The summed E-state index contributed by atoms with van der Waals surface area (Å²) in [5, 5.41) is 3.53. The molecule has 0 aliphatic heterocycles. The van der Waals surface area contributed by atoms with Crippen LogP contribution in [0.4, 0.5) is 0 Å². The van der Waals surface area contributed by atoms with Crippen LogP contribution in [0.25, 0.3) is 0 Å². The highest BCUT2D eigenvalue weighted by atomic mass is 16.5. The van der Waals surface area contributed by atoms with Crippen molar-refractivity contribution < 1.29 is 4.52 Å². The van der Waals surface area contributed by atoms with Crippen molar-refractivity contribution in [2.24, 2.45) is 0 Å². The number of hydrogen-bond donors (Lipinski definition) is 0. The van der Waals surface area contributed by atoms with Gasteiger partial charge in [-0.3, -0.25) is 15.0 Å². The van der Waals surface area contributed by atoms with E-state index in [1.165, 1.54) is 6.33 Å². The molecule has 0 saturated heterocycles. The zero-order chi connectivity index (χ0) is 35.2. The lowest BCUT2D eigenvalue weighted by atomic mass is 10.3. The molecule has 47 heavy (non-hydrogen) atoms. The van der Waals surface area contributed by atoms with Crippen molar-refractivity contribution in [2.75, 3.05) is 0 Å². The largest absolute Gasteiger partial charge is 0.340 e. The highest BCUT2D eigenvalue weighted by Gasteiger charge is 1.90. The van der Waals surface area contributed by atoms with Crippen molar-refractivity contribution in [1.29, 1.82) is 0 Å². The minimum absolute atomic E-state index is 0.623. The van der Waals surface area contributed by atoms with Gasteiger partial charge in [-0.15, -0.1) is 0 Å². The fourth-order valence-corrected chi connectivity index (χ4v) is 3.31. The maximum atomic E-state index is 4.60. The van der Waals surface area contributed by atoms with Gasteiger partial charge in [-0.1, -0.05) is 11.2 Å². The van der Waals surface area contributed by atoms with Gasteiger partial charge in [0.2, 0.25) is 5.89 Å². The topological polar surface area (TPSA) is 168 Å². The molecule has 0 unspecified atom stereocenters. The second kappa shape index (κ2) is 22.1. The lowest BCUT2D eigenvalue weighted by Crippen LogP contribution is -1.91. The Labute approximate surface area is 278 Å². The number of rotatable bonds is 0. The van der Waals surface area contributed by atoms with Gasteiger partial charge in [0.1, 0.15) is 29.6 Å². The van der Waals surface area contributed by atoms with Crippen molar-refractivity contribution in [3.05, 3.63) is 131 Å². The lowest BCUT2D eigenvalue weighted by Gasteiger charge is -1.90. The minimum Gasteiger partial charge on any atom is -0.340 e. The summed E-state index contributed by atoms with van der Waals surface area (Å²) >= 11 is 0. The highest BCUT2D eigenvalue weighted by molar-refractivity contribution is 5.07. The van der Waals surface area contributed by atoms with E-state index in [0.29, 0.717) is 11.7 Å². The monoisotopic (exact) mass is 638 g/mol. The molecule has 0 aromatic carbocycles. The van der Waals surface area contributed by atoms with Crippen LogP contribution in [0.5, 0.6) is 0 Å². The lowest BCUT2D eigenvalue weighted by molar-refractivity contribution is 0.389. The van der Waals surface area contributed by atoms with Crippen LogP contribution in [0.15, 0.2) is 66.0 Å². The van der Waals surface area contributed by atoms with Crippen molar-refractivity contribution >= 4 is 0 Å². The van der Waals surface area contributed by atoms with Crippen LogP contribution in [0, 0.1) is 83.1 Å². The van der Waals surface area contributed by atoms with E-state index in [1.54, 1.807) is 38.6 Å². The molecule has 0 atom stereocenters. The summed E-state index contributed by atoms with van der Waals surface area (Å²) < 4.78 is 4.60. The molecule has 0 bridgehead atoms. The third-order valence-electron chi connectivity index (χ3n) is 5.18. The van der Waals surface area contributed by atoms with Gasteiger partial charge in [0.25, 0.3) is 0 Å². The standard InChI is InChI=1S/C7H9N.3C6H8N2.C5H7N3.C4H6N2O/c1-6-4-3-5-7(2)8-6;1-5-3-7-4-6(2)8-5;2*1-5-3-4-7-6(2)8-5;1-4-6-3-7-5(2)8-4;1-3-5-4(2)7-6-3/h3-5H,1-2H3;3*3-4H,1-2H3;3H,1-2H3;1-2H3. The van der Waals surface area contributed by atoms with Gasteiger partial charge in [0.05, 0.1) is 11.4 Å². The zero-order valence-corrected chi connectivity index (χ0v) is 29.5. The van der Waals surface area contributed by atoms with E-state index < -0.39 is 0 Å². The smallest absolute Gasteiger partial charge is 0.223 e. The molecule has 13 nitrogen and oxygen atoms in total. The van der Waals surface area contributed by atoms with Gasteiger partial charge >= 0.3 is 0 Å². The Bertz CT molecular complexity index is 1390. The fourth-order valence-electron chi connectivity index (χ4n) is 3.31. The molecule has 0 aliphatic carbocycles. The molecular formula is C34H46N12O. The van der Waals surface area contributed by atoms with Gasteiger partial charge in [-0.25, -0.2) is 34.9 Å². The SMILES string of the molecule is Cc1cccc(C)n1.Cc1ccnc(C)n1.Cc1ccnc(C)n1.Cc1cncc(C)n1.Cc1ncnc(C)n1.Cc1noc(C)n1. The summed E-state index contributed by atoms with van der Waals surface area (Å²) in [5.41, 5.74) is 6.18. The Hall–Kier alpha value is -5.46. The molecule has 6 aromatic rings. The molecule has 0 amide bonds. The molecule has 13 heteroatoms. The van der Waals surface area contributed by atoms with E-state index in [1.807, 2.05) is 99.6 Å². The Kier molecular flexibility index (Phi) is 18.6.